The van der Waals surface area contributed by atoms with Crippen molar-refractivity contribution in [3.05, 3.63) is 28.9 Å². The summed E-state index contributed by atoms with van der Waals surface area (Å²) in [6.45, 7) is 4.19. The number of nitrogens with zero attached hydrogens (tertiary/aromatic N) is 5. The van der Waals surface area contributed by atoms with Crippen LogP contribution < -0.4 is 0 Å². The van der Waals surface area contributed by atoms with E-state index in [0.717, 1.165) is 31.0 Å². The van der Waals surface area contributed by atoms with E-state index < -0.39 is 0 Å². The Labute approximate surface area is 139 Å². The monoisotopic (exact) mass is 337 g/mol. The van der Waals surface area contributed by atoms with Gasteiger partial charge >= 0.3 is 0 Å². The molecule has 1 aliphatic heterocycles. The quantitative estimate of drug-likeness (QED) is 0.852. The lowest BCUT2D eigenvalue weighted by Crippen LogP contribution is -2.44. The van der Waals surface area contributed by atoms with E-state index in [1.165, 1.54) is 0 Å². The zero-order valence-corrected chi connectivity index (χ0v) is 14.0. The Balaban J connectivity index is 1.58. The van der Waals surface area contributed by atoms with Crippen molar-refractivity contribution >= 4 is 11.6 Å². The van der Waals surface area contributed by atoms with Crippen LogP contribution >= 0.6 is 11.6 Å². The van der Waals surface area contributed by atoms with Gasteiger partial charge in [-0.15, -0.1) is 0 Å². The Kier molecular flexibility index (Phi) is 3.87. The molecule has 0 spiro atoms. The van der Waals surface area contributed by atoms with E-state index in [-0.39, 0.29) is 12.1 Å². The highest BCUT2D eigenvalue weighted by Gasteiger charge is 2.37. The zero-order valence-electron chi connectivity index (χ0n) is 13.3. The maximum atomic E-state index is 6.09. The predicted octanol–water partition coefficient (Wildman–Crippen LogP) is 2.30. The minimum Gasteiger partial charge on any atom is -0.375 e. The van der Waals surface area contributed by atoms with E-state index in [1.807, 2.05) is 18.5 Å². The third-order valence-electron chi connectivity index (χ3n) is 4.62. The van der Waals surface area contributed by atoms with Crippen molar-refractivity contribution in [2.24, 2.45) is 7.05 Å². The van der Waals surface area contributed by atoms with Crippen molar-refractivity contribution in [1.82, 2.24) is 24.6 Å². The molecule has 4 rings (SSSR count). The average Bonchev–Trinajstić information content (AvgIpc) is 3.20. The van der Waals surface area contributed by atoms with Gasteiger partial charge in [0.2, 0.25) is 5.89 Å². The summed E-state index contributed by atoms with van der Waals surface area (Å²) >= 11 is 6.09. The van der Waals surface area contributed by atoms with Crippen molar-refractivity contribution < 1.29 is 9.26 Å². The number of morpholine rings is 1. The molecule has 1 saturated carbocycles. The van der Waals surface area contributed by atoms with Crippen LogP contribution in [0.3, 0.4) is 0 Å². The van der Waals surface area contributed by atoms with Gasteiger partial charge in [-0.05, 0) is 19.8 Å². The summed E-state index contributed by atoms with van der Waals surface area (Å²) in [6, 6.07) is -0.0563. The van der Waals surface area contributed by atoms with Crippen LogP contribution in [0.4, 0.5) is 0 Å². The lowest BCUT2D eigenvalue weighted by atomic mass is 10.1. The zero-order chi connectivity index (χ0) is 16.0. The smallest absolute Gasteiger partial charge is 0.246 e. The highest BCUT2D eigenvalue weighted by Crippen LogP contribution is 2.39. The fourth-order valence-corrected chi connectivity index (χ4v) is 3.19. The summed E-state index contributed by atoms with van der Waals surface area (Å²) in [5.41, 5.74) is 0. The van der Waals surface area contributed by atoms with E-state index in [9.17, 15) is 0 Å². The number of hydrogen-bond donors (Lipinski definition) is 0. The van der Waals surface area contributed by atoms with Crippen LogP contribution in [0.1, 0.15) is 49.3 Å². The van der Waals surface area contributed by atoms with Gasteiger partial charge in [0.25, 0.3) is 0 Å². The molecule has 0 bridgehead atoms. The highest BCUT2D eigenvalue weighted by atomic mass is 35.5. The van der Waals surface area contributed by atoms with E-state index >= 15 is 0 Å². The van der Waals surface area contributed by atoms with Gasteiger partial charge in [-0.2, -0.15) is 4.98 Å². The molecule has 0 unspecified atom stereocenters. The molecule has 2 atom stereocenters. The lowest BCUT2D eigenvalue weighted by Gasteiger charge is -2.37. The largest absolute Gasteiger partial charge is 0.375 e. The molecule has 1 aliphatic carbocycles. The summed E-state index contributed by atoms with van der Waals surface area (Å²) < 4.78 is 13.2. The van der Waals surface area contributed by atoms with Crippen LogP contribution in [-0.4, -0.2) is 43.8 Å². The average molecular weight is 338 g/mol. The van der Waals surface area contributed by atoms with Gasteiger partial charge in [0.15, 0.2) is 5.82 Å². The molecule has 2 aromatic rings. The molecule has 0 amide bonds. The molecule has 0 radical (unpaired) electrons. The van der Waals surface area contributed by atoms with Gasteiger partial charge in [0.05, 0.1) is 25.5 Å². The second-order valence-electron chi connectivity index (χ2n) is 6.31. The second-order valence-corrected chi connectivity index (χ2v) is 6.70. The third-order valence-corrected chi connectivity index (χ3v) is 4.97. The molecule has 2 aromatic heterocycles. The Hall–Kier alpha value is -1.44. The number of hydrogen-bond acceptors (Lipinski definition) is 6. The van der Waals surface area contributed by atoms with Gasteiger partial charge in [-0.3, -0.25) is 4.90 Å². The van der Waals surface area contributed by atoms with Crippen molar-refractivity contribution in [3.8, 4) is 0 Å². The number of imidazole rings is 1. The SMILES string of the molecule is C[C@H]1OCCN(Cc2ncc(Cl)n2C)[C@@H]1c1nc(C2CC2)no1. The van der Waals surface area contributed by atoms with Gasteiger partial charge in [0, 0.05) is 19.5 Å². The third kappa shape index (κ3) is 2.88. The fraction of sp³-hybridized carbons (Fsp3) is 0.667. The first-order chi connectivity index (χ1) is 11.1. The molecule has 3 heterocycles. The Morgan fingerprint density at radius 2 is 2.22 bits per heavy atom. The first-order valence-electron chi connectivity index (χ1n) is 7.98. The summed E-state index contributed by atoms with van der Waals surface area (Å²) in [7, 11) is 1.92. The van der Waals surface area contributed by atoms with Gasteiger partial charge < -0.3 is 13.8 Å². The summed E-state index contributed by atoms with van der Waals surface area (Å²) in [4.78, 5) is 11.3. The van der Waals surface area contributed by atoms with Gasteiger partial charge in [0.1, 0.15) is 17.0 Å². The van der Waals surface area contributed by atoms with Crippen LogP contribution in [0.2, 0.25) is 5.15 Å². The lowest BCUT2D eigenvalue weighted by molar-refractivity contribution is -0.0773. The van der Waals surface area contributed by atoms with Crippen molar-refractivity contribution in [2.45, 2.75) is 44.4 Å². The van der Waals surface area contributed by atoms with Crippen LogP contribution in [0.25, 0.3) is 0 Å². The molecule has 124 valence electrons. The molecule has 7 nitrogen and oxygen atoms in total. The number of halogens is 1. The first-order valence-corrected chi connectivity index (χ1v) is 8.36. The number of aromatic nitrogens is 4. The molecular formula is C15H20ClN5O2. The van der Waals surface area contributed by atoms with Crippen LogP contribution in [0.5, 0.6) is 0 Å². The highest BCUT2D eigenvalue weighted by molar-refractivity contribution is 6.29. The fourth-order valence-electron chi connectivity index (χ4n) is 3.04. The topological polar surface area (TPSA) is 69.2 Å². The van der Waals surface area contributed by atoms with E-state index in [2.05, 4.69) is 20.0 Å². The molecular weight excluding hydrogens is 318 g/mol. The van der Waals surface area contributed by atoms with Crippen LogP contribution in [0, 0.1) is 0 Å². The predicted molar refractivity (Wildman–Crippen MR) is 83.1 cm³/mol. The maximum absolute atomic E-state index is 6.09. The molecule has 8 heteroatoms. The summed E-state index contributed by atoms with van der Waals surface area (Å²) in [5.74, 6) is 2.86. The van der Waals surface area contributed by atoms with Crippen LogP contribution in [0.15, 0.2) is 10.7 Å². The standard InChI is InChI=1S/C15H20ClN5O2/c1-9-13(15-18-14(19-23-15)10-3-4-10)21(5-6-22-9)8-12-17-7-11(16)20(12)2/h7,9-10,13H,3-6,8H2,1-2H3/t9-,13+/m1/s1. The molecule has 0 N–H and O–H groups in total. The minimum absolute atomic E-state index is 0.00741. The molecule has 23 heavy (non-hydrogen) atoms. The molecule has 1 saturated heterocycles. The normalized spacial score (nSPS) is 25.9. The molecule has 2 fully saturated rings. The van der Waals surface area contributed by atoms with Crippen molar-refractivity contribution in [3.63, 3.8) is 0 Å². The van der Waals surface area contributed by atoms with Crippen LogP contribution in [-0.2, 0) is 18.3 Å². The Morgan fingerprint density at radius 1 is 1.39 bits per heavy atom. The van der Waals surface area contributed by atoms with Gasteiger partial charge in [-0.1, -0.05) is 16.8 Å². The maximum Gasteiger partial charge on any atom is 0.246 e. The Bertz CT molecular complexity index is 696. The number of rotatable bonds is 4. The van der Waals surface area contributed by atoms with E-state index in [4.69, 9.17) is 20.9 Å². The first kappa shape index (κ1) is 15.1. The number of ether oxygens (including phenoxy) is 1. The van der Waals surface area contributed by atoms with Gasteiger partial charge in [-0.25, -0.2) is 4.98 Å². The summed E-state index contributed by atoms with van der Waals surface area (Å²) in [5, 5.41) is 4.77. The van der Waals surface area contributed by atoms with Crippen molar-refractivity contribution in [1.29, 1.82) is 0 Å². The molecule has 0 aromatic carbocycles. The van der Waals surface area contributed by atoms with E-state index in [0.29, 0.717) is 30.1 Å². The van der Waals surface area contributed by atoms with E-state index in [1.54, 1.807) is 6.20 Å². The van der Waals surface area contributed by atoms with Crippen molar-refractivity contribution in [2.75, 3.05) is 13.2 Å². The summed E-state index contributed by atoms with van der Waals surface area (Å²) in [6.07, 6.45) is 3.98. The minimum atomic E-state index is -0.0563. The second kappa shape index (κ2) is 5.89. The molecule has 2 aliphatic rings. The Morgan fingerprint density at radius 3 is 2.91 bits per heavy atom.